The minimum Gasteiger partial charge on any atom is -0.393 e. The van der Waals surface area contributed by atoms with Crippen molar-refractivity contribution < 1.29 is 19.7 Å². The molecule has 3 N–H and O–H groups in total. The quantitative estimate of drug-likeness (QED) is 0.589. The first-order chi connectivity index (χ1) is 11.7. The third kappa shape index (κ3) is 2.10. The summed E-state index contributed by atoms with van der Waals surface area (Å²) in [5.41, 5.74) is -1.64. The Balaban J connectivity index is 1.71. The van der Waals surface area contributed by atoms with E-state index in [1.165, 1.54) is 0 Å². The van der Waals surface area contributed by atoms with Crippen LogP contribution in [0.3, 0.4) is 0 Å². The van der Waals surface area contributed by atoms with Gasteiger partial charge >= 0.3 is 0 Å². The maximum absolute atomic E-state index is 14.8. The lowest BCUT2D eigenvalue weighted by molar-refractivity contribution is -0.200. The number of aliphatic hydroxyl groups is 3. The fraction of sp³-hybridized carbons (Fsp3) is 0.905. The van der Waals surface area contributed by atoms with Gasteiger partial charge in [0.05, 0.1) is 12.2 Å². The van der Waals surface area contributed by atoms with Gasteiger partial charge in [-0.2, -0.15) is 0 Å². The van der Waals surface area contributed by atoms with E-state index in [9.17, 15) is 19.7 Å². The molecule has 4 aliphatic rings. The van der Waals surface area contributed by atoms with E-state index >= 15 is 0 Å². The van der Waals surface area contributed by atoms with E-state index in [0.29, 0.717) is 19.3 Å². The lowest BCUT2D eigenvalue weighted by Gasteiger charge is -2.62. The van der Waals surface area contributed by atoms with Crippen LogP contribution in [0.5, 0.6) is 0 Å². The van der Waals surface area contributed by atoms with Crippen molar-refractivity contribution in [2.24, 2.45) is 34.5 Å². The van der Waals surface area contributed by atoms with E-state index in [4.69, 9.17) is 6.42 Å². The molecule has 4 saturated carbocycles. The summed E-state index contributed by atoms with van der Waals surface area (Å²) in [7, 11) is 0. The van der Waals surface area contributed by atoms with Crippen molar-refractivity contribution in [1.29, 1.82) is 0 Å². The molecule has 3 nitrogen and oxygen atoms in total. The molecular formula is C21H31FO3. The summed E-state index contributed by atoms with van der Waals surface area (Å²) >= 11 is 0. The largest absolute Gasteiger partial charge is 0.393 e. The number of terminal acetylenes is 1. The molecule has 0 aromatic heterocycles. The standard InChI is InChI=1S/C21H31FO3/c1-4-21(25)10-6-13-17-12(5-9-20(13,21)3)19(2)8-7-15(23)18(22)14(19)11-16(17)24/h1,12-18,23-25H,5-11H2,2-3H3/t12-,13-,14?,15+,16-,17+,18+,19+,20-,21-/m0/s1. The first-order valence-electron chi connectivity index (χ1n) is 9.88. The van der Waals surface area contributed by atoms with Crippen molar-refractivity contribution in [3.05, 3.63) is 0 Å². The Hall–Kier alpha value is -0.630. The van der Waals surface area contributed by atoms with Crippen LogP contribution in [0.2, 0.25) is 0 Å². The first kappa shape index (κ1) is 17.8. The molecule has 0 amide bonds. The zero-order valence-electron chi connectivity index (χ0n) is 15.3. The van der Waals surface area contributed by atoms with E-state index in [1.54, 1.807) is 0 Å². The van der Waals surface area contributed by atoms with Crippen LogP contribution < -0.4 is 0 Å². The monoisotopic (exact) mass is 350 g/mol. The van der Waals surface area contributed by atoms with Gasteiger partial charge in [-0.1, -0.05) is 19.8 Å². The summed E-state index contributed by atoms with van der Waals surface area (Å²) in [6, 6.07) is 0. The molecular weight excluding hydrogens is 319 g/mol. The molecule has 4 rings (SSSR count). The van der Waals surface area contributed by atoms with Crippen LogP contribution in [0.1, 0.15) is 58.8 Å². The molecule has 0 radical (unpaired) electrons. The van der Waals surface area contributed by atoms with Crippen LogP contribution in [0, 0.1) is 46.8 Å². The molecule has 4 aliphatic carbocycles. The highest BCUT2D eigenvalue weighted by molar-refractivity contribution is 5.24. The van der Waals surface area contributed by atoms with E-state index in [-0.39, 0.29) is 34.5 Å². The Morgan fingerprint density at radius 1 is 0.960 bits per heavy atom. The zero-order chi connectivity index (χ0) is 18.2. The van der Waals surface area contributed by atoms with Gasteiger partial charge < -0.3 is 15.3 Å². The summed E-state index contributed by atoms with van der Waals surface area (Å²) in [6.07, 6.45) is 7.83. The highest BCUT2D eigenvalue weighted by Gasteiger charge is 2.67. The molecule has 4 heteroatoms. The van der Waals surface area contributed by atoms with E-state index in [2.05, 4.69) is 19.8 Å². The van der Waals surface area contributed by atoms with Crippen LogP contribution in [-0.2, 0) is 0 Å². The maximum atomic E-state index is 14.8. The molecule has 25 heavy (non-hydrogen) atoms. The molecule has 0 bridgehead atoms. The molecule has 0 aromatic rings. The maximum Gasteiger partial charge on any atom is 0.130 e. The van der Waals surface area contributed by atoms with Gasteiger partial charge in [0, 0.05) is 11.3 Å². The van der Waals surface area contributed by atoms with Crippen molar-refractivity contribution in [2.45, 2.75) is 82.8 Å². The van der Waals surface area contributed by atoms with Gasteiger partial charge in [-0.3, -0.25) is 0 Å². The number of fused-ring (bicyclic) bond motifs is 5. The molecule has 1 unspecified atom stereocenters. The predicted octanol–water partition coefficient (Wildman–Crippen LogP) is 2.67. The van der Waals surface area contributed by atoms with Gasteiger partial charge in [0.15, 0.2) is 0 Å². The Morgan fingerprint density at radius 2 is 1.64 bits per heavy atom. The highest BCUT2D eigenvalue weighted by Crippen LogP contribution is 2.68. The Labute approximate surface area is 150 Å². The minimum absolute atomic E-state index is 0.0739. The van der Waals surface area contributed by atoms with Crippen LogP contribution in [-0.4, -0.2) is 39.3 Å². The molecule has 4 fully saturated rings. The molecule has 10 atom stereocenters. The van der Waals surface area contributed by atoms with Crippen molar-refractivity contribution in [1.82, 2.24) is 0 Å². The van der Waals surface area contributed by atoms with Gasteiger partial charge in [0.25, 0.3) is 0 Å². The van der Waals surface area contributed by atoms with E-state index in [1.807, 2.05) is 0 Å². The number of alkyl halides is 1. The lowest BCUT2D eigenvalue weighted by Crippen LogP contribution is -2.62. The molecule has 0 aromatic carbocycles. The Bertz CT molecular complexity index is 602. The van der Waals surface area contributed by atoms with Crippen LogP contribution in [0.4, 0.5) is 4.39 Å². The van der Waals surface area contributed by atoms with Gasteiger partial charge in [-0.05, 0) is 68.1 Å². The van der Waals surface area contributed by atoms with Crippen molar-refractivity contribution in [3.8, 4) is 12.3 Å². The number of halogens is 1. The van der Waals surface area contributed by atoms with Gasteiger partial charge in [0.2, 0.25) is 0 Å². The molecule has 0 saturated heterocycles. The van der Waals surface area contributed by atoms with Crippen LogP contribution >= 0.6 is 0 Å². The van der Waals surface area contributed by atoms with Crippen molar-refractivity contribution in [3.63, 3.8) is 0 Å². The van der Waals surface area contributed by atoms with Crippen molar-refractivity contribution >= 4 is 0 Å². The SMILES string of the molecule is C#C[C@]1(O)CC[C@H]2[C@@H]3[C@@H](O)CC4[C@@H](F)[C@H](O)CC[C@]4(C)[C@H]3CC[C@@]21C. The molecule has 0 aliphatic heterocycles. The number of aliphatic hydroxyl groups excluding tert-OH is 2. The van der Waals surface area contributed by atoms with Gasteiger partial charge in [-0.25, -0.2) is 4.39 Å². The third-order valence-corrected chi connectivity index (χ3v) is 9.09. The summed E-state index contributed by atoms with van der Waals surface area (Å²) in [5.74, 6) is 2.88. The fourth-order valence-corrected chi connectivity index (χ4v) is 7.47. The van der Waals surface area contributed by atoms with E-state index in [0.717, 1.165) is 25.7 Å². The number of rotatable bonds is 0. The molecule has 140 valence electrons. The lowest BCUT2D eigenvalue weighted by atomic mass is 9.43. The second-order valence-corrected chi connectivity index (χ2v) is 9.76. The van der Waals surface area contributed by atoms with Crippen LogP contribution in [0.15, 0.2) is 0 Å². The predicted molar refractivity (Wildman–Crippen MR) is 93.2 cm³/mol. The summed E-state index contributed by atoms with van der Waals surface area (Å²) in [4.78, 5) is 0. The summed E-state index contributed by atoms with van der Waals surface area (Å²) in [5, 5.41) is 32.0. The third-order valence-electron chi connectivity index (χ3n) is 9.09. The molecule has 0 spiro atoms. The topological polar surface area (TPSA) is 60.7 Å². The zero-order valence-corrected chi connectivity index (χ0v) is 15.3. The Morgan fingerprint density at radius 3 is 2.32 bits per heavy atom. The smallest absolute Gasteiger partial charge is 0.130 e. The minimum atomic E-state index is -1.24. The van der Waals surface area contributed by atoms with E-state index < -0.39 is 24.0 Å². The van der Waals surface area contributed by atoms with Gasteiger partial charge in [-0.15, -0.1) is 6.42 Å². The second kappa shape index (κ2) is 5.44. The number of hydrogen-bond donors (Lipinski definition) is 3. The fourth-order valence-electron chi connectivity index (χ4n) is 7.47. The average Bonchev–Trinajstić information content (AvgIpc) is 2.86. The Kier molecular flexibility index (Phi) is 3.87. The summed E-state index contributed by atoms with van der Waals surface area (Å²) in [6.45, 7) is 4.26. The first-order valence-corrected chi connectivity index (χ1v) is 9.88. The van der Waals surface area contributed by atoms with Crippen LogP contribution in [0.25, 0.3) is 0 Å². The summed E-state index contributed by atoms with van der Waals surface area (Å²) < 4.78 is 14.8. The van der Waals surface area contributed by atoms with Gasteiger partial charge in [0.1, 0.15) is 11.8 Å². The number of hydrogen-bond acceptors (Lipinski definition) is 3. The molecule has 0 heterocycles. The van der Waals surface area contributed by atoms with Crippen molar-refractivity contribution in [2.75, 3.05) is 0 Å². The second-order valence-electron chi connectivity index (χ2n) is 9.76. The average molecular weight is 350 g/mol. The highest BCUT2D eigenvalue weighted by atomic mass is 19.1. The normalized spacial score (nSPS) is 60.9.